The fraction of sp³-hybridized carbons (Fsp3) is 0.286. The lowest BCUT2D eigenvalue weighted by molar-refractivity contribution is 0.397. The van der Waals surface area contributed by atoms with Crippen molar-refractivity contribution in [2.75, 3.05) is 12.3 Å². The van der Waals surface area contributed by atoms with E-state index >= 15 is 0 Å². The van der Waals surface area contributed by atoms with Crippen molar-refractivity contribution in [1.29, 1.82) is 0 Å². The Morgan fingerprint density at radius 3 is 2.81 bits per heavy atom. The number of nitrogens with two attached hydrogens (primary N) is 1. The van der Waals surface area contributed by atoms with E-state index in [4.69, 9.17) is 5.73 Å². The van der Waals surface area contributed by atoms with Gasteiger partial charge in [-0.25, -0.2) is 12.8 Å². The third-order valence-electron chi connectivity index (χ3n) is 3.71. The number of halogens is 1. The van der Waals surface area contributed by atoms with Crippen LogP contribution in [0.1, 0.15) is 24.4 Å². The number of benzene rings is 1. The molecule has 2 aromatic rings. The predicted molar refractivity (Wildman–Crippen MR) is 81.0 cm³/mol. The quantitative estimate of drug-likeness (QED) is 0.882. The summed E-state index contributed by atoms with van der Waals surface area (Å²) in [6, 6.07) is 5.35. The highest BCUT2D eigenvalue weighted by atomic mass is 32.2. The van der Waals surface area contributed by atoms with Crippen LogP contribution in [0.25, 0.3) is 0 Å². The molecule has 1 aromatic heterocycles. The molecule has 0 saturated carbocycles. The molecule has 4 nitrogen and oxygen atoms in total. The summed E-state index contributed by atoms with van der Waals surface area (Å²) >= 11 is 1.55. The second-order valence-electron chi connectivity index (χ2n) is 5.01. The molecule has 7 heteroatoms. The molecule has 0 radical (unpaired) electrons. The average molecular weight is 326 g/mol. The average Bonchev–Trinajstić information content (AvgIpc) is 3.11. The minimum atomic E-state index is -3.66. The van der Waals surface area contributed by atoms with Crippen molar-refractivity contribution in [3.63, 3.8) is 0 Å². The van der Waals surface area contributed by atoms with Gasteiger partial charge in [0, 0.05) is 6.54 Å². The van der Waals surface area contributed by atoms with E-state index < -0.39 is 15.8 Å². The Morgan fingerprint density at radius 1 is 1.33 bits per heavy atom. The number of thiophene rings is 1. The van der Waals surface area contributed by atoms with Crippen molar-refractivity contribution in [1.82, 2.24) is 4.31 Å². The second kappa shape index (κ2) is 5.40. The van der Waals surface area contributed by atoms with Gasteiger partial charge < -0.3 is 5.73 Å². The fourth-order valence-corrected chi connectivity index (χ4v) is 5.07. The summed E-state index contributed by atoms with van der Waals surface area (Å²) in [5.74, 6) is -0.607. The van der Waals surface area contributed by atoms with Crippen LogP contribution in [0, 0.1) is 5.82 Å². The highest BCUT2D eigenvalue weighted by molar-refractivity contribution is 7.89. The van der Waals surface area contributed by atoms with Crippen molar-refractivity contribution in [2.45, 2.75) is 23.8 Å². The van der Waals surface area contributed by atoms with Crippen molar-refractivity contribution in [3.8, 4) is 0 Å². The maximum Gasteiger partial charge on any atom is 0.243 e. The third kappa shape index (κ3) is 2.56. The number of rotatable bonds is 3. The number of nitrogens with zero attached hydrogens (tertiary/aromatic N) is 1. The molecule has 0 spiro atoms. The minimum absolute atomic E-state index is 0.0449. The summed E-state index contributed by atoms with van der Waals surface area (Å²) in [6.45, 7) is 0.472. The zero-order valence-electron chi connectivity index (χ0n) is 11.2. The van der Waals surface area contributed by atoms with Crippen LogP contribution < -0.4 is 5.73 Å². The maximum atomic E-state index is 13.2. The van der Waals surface area contributed by atoms with Crippen LogP contribution in [0.4, 0.5) is 10.1 Å². The van der Waals surface area contributed by atoms with E-state index in [9.17, 15) is 12.8 Å². The maximum absolute atomic E-state index is 13.2. The summed E-state index contributed by atoms with van der Waals surface area (Å²) in [6.07, 6.45) is 1.61. The van der Waals surface area contributed by atoms with Crippen LogP contribution in [-0.4, -0.2) is 19.3 Å². The van der Waals surface area contributed by atoms with Crippen LogP contribution in [0.5, 0.6) is 0 Å². The Bertz CT molecular complexity index is 744. The zero-order valence-corrected chi connectivity index (χ0v) is 12.8. The van der Waals surface area contributed by atoms with Gasteiger partial charge in [0.15, 0.2) is 0 Å². The van der Waals surface area contributed by atoms with Gasteiger partial charge in [0.2, 0.25) is 10.0 Å². The standard InChI is InChI=1S/C14H15FN2O2S2/c15-12-4-3-11(8-13(12)16)21(18,19)17-6-1-2-14(17)10-5-7-20-9-10/h3-5,7-9,14H,1-2,6,16H2. The van der Waals surface area contributed by atoms with Crippen molar-refractivity contribution >= 4 is 27.0 Å². The summed E-state index contributed by atoms with van der Waals surface area (Å²) in [5, 5.41) is 3.91. The van der Waals surface area contributed by atoms with E-state index in [1.54, 1.807) is 11.3 Å². The number of nitrogen functional groups attached to an aromatic ring is 1. The van der Waals surface area contributed by atoms with Crippen LogP contribution in [0.2, 0.25) is 0 Å². The van der Waals surface area contributed by atoms with E-state index in [2.05, 4.69) is 0 Å². The van der Waals surface area contributed by atoms with E-state index in [1.807, 2.05) is 16.8 Å². The molecule has 1 fully saturated rings. The molecule has 2 N–H and O–H groups in total. The molecule has 1 atom stereocenters. The normalized spacial score (nSPS) is 20.0. The van der Waals surface area contributed by atoms with Gasteiger partial charge in [-0.3, -0.25) is 0 Å². The molecule has 112 valence electrons. The molecular formula is C14H15FN2O2S2. The number of hydrogen-bond acceptors (Lipinski definition) is 4. The first-order valence-electron chi connectivity index (χ1n) is 6.59. The Morgan fingerprint density at radius 2 is 2.14 bits per heavy atom. The number of hydrogen-bond donors (Lipinski definition) is 1. The fourth-order valence-electron chi connectivity index (χ4n) is 2.64. The first-order chi connectivity index (χ1) is 10.00. The first-order valence-corrected chi connectivity index (χ1v) is 8.97. The second-order valence-corrected chi connectivity index (χ2v) is 7.68. The van der Waals surface area contributed by atoms with Gasteiger partial charge in [-0.2, -0.15) is 15.6 Å². The third-order valence-corrected chi connectivity index (χ3v) is 6.31. The lowest BCUT2D eigenvalue weighted by Crippen LogP contribution is -2.30. The molecule has 1 unspecified atom stereocenters. The minimum Gasteiger partial charge on any atom is -0.396 e. The van der Waals surface area contributed by atoms with Crippen LogP contribution in [-0.2, 0) is 10.0 Å². The molecule has 21 heavy (non-hydrogen) atoms. The van der Waals surface area contributed by atoms with E-state index in [0.717, 1.165) is 24.5 Å². The van der Waals surface area contributed by atoms with E-state index in [0.29, 0.717) is 6.54 Å². The van der Waals surface area contributed by atoms with Crippen LogP contribution in [0.15, 0.2) is 39.9 Å². The van der Waals surface area contributed by atoms with E-state index in [1.165, 1.54) is 16.4 Å². The predicted octanol–water partition coefficient (Wildman–Crippen LogP) is 3.00. The van der Waals surface area contributed by atoms with Crippen molar-refractivity contribution in [3.05, 3.63) is 46.4 Å². The Labute approximate surface area is 127 Å². The van der Waals surface area contributed by atoms with Crippen molar-refractivity contribution < 1.29 is 12.8 Å². The van der Waals surface area contributed by atoms with Crippen LogP contribution >= 0.6 is 11.3 Å². The van der Waals surface area contributed by atoms with Gasteiger partial charge in [-0.15, -0.1) is 0 Å². The molecule has 1 aliphatic rings. The summed E-state index contributed by atoms with van der Waals surface area (Å²) in [7, 11) is -3.66. The molecule has 0 bridgehead atoms. The first kappa shape index (κ1) is 14.5. The topological polar surface area (TPSA) is 63.4 Å². The highest BCUT2D eigenvalue weighted by Crippen LogP contribution is 2.37. The molecule has 1 aromatic carbocycles. The molecular weight excluding hydrogens is 311 g/mol. The zero-order chi connectivity index (χ0) is 15.0. The molecule has 2 heterocycles. The molecule has 1 saturated heterocycles. The van der Waals surface area contributed by atoms with Gasteiger partial charge in [0.25, 0.3) is 0 Å². The van der Waals surface area contributed by atoms with Gasteiger partial charge >= 0.3 is 0 Å². The van der Waals surface area contributed by atoms with E-state index in [-0.39, 0.29) is 16.6 Å². The number of sulfonamides is 1. The Hall–Kier alpha value is -1.44. The van der Waals surface area contributed by atoms with Gasteiger partial charge in [0.05, 0.1) is 16.6 Å². The largest absolute Gasteiger partial charge is 0.396 e. The lowest BCUT2D eigenvalue weighted by Gasteiger charge is -2.23. The summed E-state index contributed by atoms with van der Waals surface area (Å²) < 4.78 is 40.2. The molecule has 0 aliphatic carbocycles. The lowest BCUT2D eigenvalue weighted by atomic mass is 10.1. The van der Waals surface area contributed by atoms with Crippen LogP contribution in [0.3, 0.4) is 0 Å². The Kier molecular flexibility index (Phi) is 3.73. The summed E-state index contributed by atoms with van der Waals surface area (Å²) in [5.41, 5.74) is 6.35. The monoisotopic (exact) mass is 326 g/mol. The molecule has 0 amide bonds. The Balaban J connectivity index is 1.99. The highest BCUT2D eigenvalue weighted by Gasteiger charge is 2.36. The van der Waals surface area contributed by atoms with Gasteiger partial charge in [-0.1, -0.05) is 0 Å². The molecule has 3 rings (SSSR count). The number of anilines is 1. The van der Waals surface area contributed by atoms with Gasteiger partial charge in [-0.05, 0) is 53.4 Å². The summed E-state index contributed by atoms with van der Waals surface area (Å²) in [4.78, 5) is 0.0449. The van der Waals surface area contributed by atoms with Crippen molar-refractivity contribution in [2.24, 2.45) is 0 Å². The van der Waals surface area contributed by atoms with Gasteiger partial charge in [0.1, 0.15) is 5.82 Å². The smallest absolute Gasteiger partial charge is 0.243 e. The SMILES string of the molecule is Nc1cc(S(=O)(=O)N2CCCC2c2ccsc2)ccc1F. The molecule has 1 aliphatic heterocycles.